The zero-order chi connectivity index (χ0) is 14.3. The molecular weight excluding hydrogens is 240 g/mol. The molecular formula is C15H20N2O2. The number of benzene rings is 1. The molecule has 19 heavy (non-hydrogen) atoms. The largest absolute Gasteiger partial charge is 0.465 e. The van der Waals surface area contributed by atoms with Gasteiger partial charge in [0.05, 0.1) is 12.7 Å². The number of carbonyl (C=O) groups is 1. The Morgan fingerprint density at radius 1 is 1.42 bits per heavy atom. The Bertz CT molecular complexity index is 439. The van der Waals surface area contributed by atoms with Crippen LogP contribution in [0.15, 0.2) is 30.3 Å². The summed E-state index contributed by atoms with van der Waals surface area (Å²) in [4.78, 5) is 13.6. The van der Waals surface area contributed by atoms with Gasteiger partial charge in [-0.25, -0.2) is 0 Å². The molecule has 0 heterocycles. The number of nitriles is 1. The molecule has 1 aromatic rings. The van der Waals surface area contributed by atoms with Crippen molar-refractivity contribution in [2.75, 3.05) is 20.2 Å². The molecule has 0 aliphatic heterocycles. The summed E-state index contributed by atoms with van der Waals surface area (Å²) in [5, 5.41) is 9.05. The zero-order valence-corrected chi connectivity index (χ0v) is 11.7. The summed E-state index contributed by atoms with van der Waals surface area (Å²) in [6.07, 6.45) is 0. The Labute approximate surface area is 114 Å². The van der Waals surface area contributed by atoms with E-state index in [1.807, 2.05) is 48.3 Å². The molecule has 4 nitrogen and oxygen atoms in total. The number of hydrogen-bond donors (Lipinski definition) is 0. The molecule has 0 amide bonds. The Hall–Kier alpha value is -1.86. The fraction of sp³-hybridized carbons (Fsp3) is 0.467. The van der Waals surface area contributed by atoms with E-state index in [9.17, 15) is 4.79 Å². The maximum absolute atomic E-state index is 11.6. The summed E-state index contributed by atoms with van der Waals surface area (Å²) in [6.45, 7) is 4.46. The molecule has 0 bridgehead atoms. The van der Waals surface area contributed by atoms with Gasteiger partial charge in [-0.2, -0.15) is 5.26 Å². The van der Waals surface area contributed by atoms with E-state index >= 15 is 0 Å². The van der Waals surface area contributed by atoms with Crippen molar-refractivity contribution in [1.29, 1.82) is 5.26 Å². The van der Waals surface area contributed by atoms with Crippen molar-refractivity contribution in [3.63, 3.8) is 0 Å². The topological polar surface area (TPSA) is 53.3 Å². The fourth-order valence-electron chi connectivity index (χ4n) is 1.84. The first kappa shape index (κ1) is 15.2. The predicted octanol–water partition coefficient (Wildman–Crippen LogP) is 2.38. The summed E-state index contributed by atoms with van der Waals surface area (Å²) < 4.78 is 4.89. The highest BCUT2D eigenvalue weighted by Gasteiger charge is 2.23. The second kappa shape index (κ2) is 7.55. The van der Waals surface area contributed by atoms with Crippen molar-refractivity contribution in [2.45, 2.75) is 19.9 Å². The summed E-state index contributed by atoms with van der Waals surface area (Å²) >= 11 is 0. The predicted molar refractivity (Wildman–Crippen MR) is 73.2 cm³/mol. The average molecular weight is 260 g/mol. The molecule has 0 spiro atoms. The van der Waals surface area contributed by atoms with Gasteiger partial charge in [-0.3, -0.25) is 9.69 Å². The third kappa shape index (κ3) is 4.38. The maximum Gasteiger partial charge on any atom is 0.324 e. The van der Waals surface area contributed by atoms with Gasteiger partial charge in [-0.1, -0.05) is 30.3 Å². The van der Waals surface area contributed by atoms with Gasteiger partial charge < -0.3 is 4.74 Å². The van der Waals surface area contributed by atoms with E-state index in [0.29, 0.717) is 13.2 Å². The molecule has 1 rings (SSSR count). The number of esters is 1. The van der Waals surface area contributed by atoms with Gasteiger partial charge in [0.2, 0.25) is 0 Å². The lowest BCUT2D eigenvalue weighted by molar-refractivity contribution is -0.146. The van der Waals surface area contributed by atoms with Crippen molar-refractivity contribution in [3.05, 3.63) is 35.9 Å². The van der Waals surface area contributed by atoms with Crippen LogP contribution in [0, 0.1) is 17.2 Å². The van der Waals surface area contributed by atoms with Crippen LogP contribution in [0.4, 0.5) is 0 Å². The van der Waals surface area contributed by atoms with Crippen LogP contribution in [0.25, 0.3) is 0 Å². The lowest BCUT2D eigenvalue weighted by atomic mass is 10.1. The smallest absolute Gasteiger partial charge is 0.324 e. The summed E-state index contributed by atoms with van der Waals surface area (Å²) in [6, 6.07) is 12.1. The van der Waals surface area contributed by atoms with E-state index < -0.39 is 11.9 Å². The minimum Gasteiger partial charge on any atom is -0.465 e. The molecule has 4 heteroatoms. The molecule has 0 aromatic heterocycles. The van der Waals surface area contributed by atoms with Crippen LogP contribution in [0.3, 0.4) is 0 Å². The molecule has 0 aliphatic rings. The van der Waals surface area contributed by atoms with Crippen LogP contribution in [0.2, 0.25) is 0 Å². The normalized spacial score (nSPS) is 13.6. The first-order valence-corrected chi connectivity index (χ1v) is 6.41. The van der Waals surface area contributed by atoms with Crippen LogP contribution >= 0.6 is 0 Å². The Balaban J connectivity index is 2.65. The molecule has 1 aromatic carbocycles. The first-order chi connectivity index (χ1) is 9.10. The number of ether oxygens (including phenoxy) is 1. The second-order valence-electron chi connectivity index (χ2n) is 4.46. The minimum absolute atomic E-state index is 0.145. The molecule has 0 fully saturated rings. The molecule has 2 atom stereocenters. The second-order valence-corrected chi connectivity index (χ2v) is 4.46. The van der Waals surface area contributed by atoms with E-state index in [1.165, 1.54) is 0 Å². The molecule has 0 radical (unpaired) electrons. The highest BCUT2D eigenvalue weighted by molar-refractivity contribution is 5.75. The summed E-state index contributed by atoms with van der Waals surface area (Å²) in [7, 11) is 1.90. The van der Waals surface area contributed by atoms with Gasteiger partial charge in [0.1, 0.15) is 0 Å². The summed E-state index contributed by atoms with van der Waals surface area (Å²) in [5.41, 5.74) is 1.16. The van der Waals surface area contributed by atoms with E-state index in [-0.39, 0.29) is 6.04 Å². The number of nitrogens with zero attached hydrogens (tertiary/aromatic N) is 2. The van der Waals surface area contributed by atoms with Crippen LogP contribution in [0.1, 0.15) is 25.5 Å². The van der Waals surface area contributed by atoms with Gasteiger partial charge in [-0.05, 0) is 26.5 Å². The number of rotatable bonds is 6. The number of carbonyl (C=O) groups excluding carboxylic acids is 1. The third-order valence-corrected chi connectivity index (χ3v) is 3.14. The Kier molecular flexibility index (Phi) is 6.04. The van der Waals surface area contributed by atoms with Crippen LogP contribution in [0.5, 0.6) is 0 Å². The average Bonchev–Trinajstić information content (AvgIpc) is 2.44. The molecule has 0 saturated carbocycles. The third-order valence-electron chi connectivity index (χ3n) is 3.14. The Morgan fingerprint density at radius 2 is 2.05 bits per heavy atom. The SMILES string of the molecule is CCOC(=O)[C@@H](C#N)CN(C)[C@H](C)c1ccccc1. The quantitative estimate of drug-likeness (QED) is 0.737. The minimum atomic E-state index is -0.740. The van der Waals surface area contributed by atoms with Crippen molar-refractivity contribution < 1.29 is 9.53 Å². The molecule has 0 unspecified atom stereocenters. The van der Waals surface area contributed by atoms with Gasteiger partial charge >= 0.3 is 5.97 Å². The molecule has 102 valence electrons. The van der Waals surface area contributed by atoms with Crippen molar-refractivity contribution >= 4 is 5.97 Å². The lowest BCUT2D eigenvalue weighted by Crippen LogP contribution is -2.32. The van der Waals surface area contributed by atoms with Gasteiger partial charge in [0, 0.05) is 12.6 Å². The van der Waals surface area contributed by atoms with Crippen LogP contribution in [-0.4, -0.2) is 31.1 Å². The van der Waals surface area contributed by atoms with E-state index in [0.717, 1.165) is 5.56 Å². The van der Waals surface area contributed by atoms with Gasteiger partial charge in [0.15, 0.2) is 5.92 Å². The summed E-state index contributed by atoms with van der Waals surface area (Å²) in [5.74, 6) is -1.19. The standard InChI is InChI=1S/C15H20N2O2/c1-4-19-15(18)14(10-16)11-17(3)12(2)13-8-6-5-7-9-13/h5-9,12,14H,4,11H2,1-3H3/t12-,14+/m1/s1. The van der Waals surface area contributed by atoms with Crippen LogP contribution in [-0.2, 0) is 9.53 Å². The van der Waals surface area contributed by atoms with E-state index in [4.69, 9.17) is 10.00 Å². The van der Waals surface area contributed by atoms with E-state index in [2.05, 4.69) is 6.92 Å². The maximum atomic E-state index is 11.6. The van der Waals surface area contributed by atoms with Gasteiger partial charge in [-0.15, -0.1) is 0 Å². The van der Waals surface area contributed by atoms with Crippen molar-refractivity contribution in [2.24, 2.45) is 5.92 Å². The fourth-order valence-corrected chi connectivity index (χ4v) is 1.84. The van der Waals surface area contributed by atoms with E-state index in [1.54, 1.807) is 6.92 Å². The first-order valence-electron chi connectivity index (χ1n) is 6.41. The lowest BCUT2D eigenvalue weighted by Gasteiger charge is -2.26. The zero-order valence-electron chi connectivity index (χ0n) is 11.7. The molecule has 0 aliphatic carbocycles. The van der Waals surface area contributed by atoms with Crippen LogP contribution < -0.4 is 0 Å². The van der Waals surface area contributed by atoms with Gasteiger partial charge in [0.25, 0.3) is 0 Å². The highest BCUT2D eigenvalue weighted by atomic mass is 16.5. The van der Waals surface area contributed by atoms with Crippen molar-refractivity contribution in [3.8, 4) is 6.07 Å². The number of hydrogen-bond acceptors (Lipinski definition) is 4. The van der Waals surface area contributed by atoms with Crippen molar-refractivity contribution in [1.82, 2.24) is 4.90 Å². The molecule has 0 saturated heterocycles. The Morgan fingerprint density at radius 3 is 2.58 bits per heavy atom. The molecule has 0 N–H and O–H groups in total. The highest BCUT2D eigenvalue weighted by Crippen LogP contribution is 2.19. The monoisotopic (exact) mass is 260 g/mol.